The predicted molar refractivity (Wildman–Crippen MR) is 123 cm³/mol. The monoisotopic (exact) mass is 433 g/mol. The van der Waals surface area contributed by atoms with E-state index in [1.54, 1.807) is 18.1 Å². The van der Waals surface area contributed by atoms with Crippen LogP contribution in [0.4, 0.5) is 0 Å². The van der Waals surface area contributed by atoms with Gasteiger partial charge in [0.25, 0.3) is 5.91 Å². The van der Waals surface area contributed by atoms with Crippen LogP contribution < -0.4 is 10.5 Å². The minimum Gasteiger partial charge on any atom is -0.492 e. The summed E-state index contributed by atoms with van der Waals surface area (Å²) in [7, 11) is 1.79. The number of pyridine rings is 1. The molecule has 0 saturated heterocycles. The Kier molecular flexibility index (Phi) is 6.08. The van der Waals surface area contributed by atoms with Crippen LogP contribution in [0.15, 0.2) is 48.8 Å². The first kappa shape index (κ1) is 20.7. The number of nitrogens with two attached hydrogens (primary N) is 1. The molecule has 4 rings (SSSR count). The summed E-state index contributed by atoms with van der Waals surface area (Å²) in [5.41, 5.74) is 9.63. The molecule has 8 heteroatoms. The number of benzene rings is 1. The molecular formula is C23H23N5O2S. The first-order valence-corrected chi connectivity index (χ1v) is 10.8. The lowest BCUT2D eigenvalue weighted by Crippen LogP contribution is -2.28. The molecule has 0 fully saturated rings. The van der Waals surface area contributed by atoms with Gasteiger partial charge < -0.3 is 20.8 Å². The van der Waals surface area contributed by atoms with Gasteiger partial charge >= 0.3 is 0 Å². The van der Waals surface area contributed by atoms with Gasteiger partial charge in [0.05, 0.1) is 12.3 Å². The Morgan fingerprint density at radius 1 is 1.35 bits per heavy atom. The Morgan fingerprint density at radius 2 is 2.23 bits per heavy atom. The third-order valence-corrected chi connectivity index (χ3v) is 6.25. The molecule has 1 amide bonds. The Morgan fingerprint density at radius 3 is 2.97 bits per heavy atom. The molecule has 0 atom stereocenters. The fourth-order valence-electron chi connectivity index (χ4n) is 3.41. The number of nitrogens with zero attached hydrogens (tertiary/aromatic N) is 3. The second-order valence-corrected chi connectivity index (χ2v) is 8.25. The number of fused-ring (bicyclic) bond motifs is 3. The van der Waals surface area contributed by atoms with E-state index in [0.717, 1.165) is 27.4 Å². The van der Waals surface area contributed by atoms with E-state index in [4.69, 9.17) is 20.9 Å². The Bertz CT molecular complexity index is 1140. The number of aromatic nitrogens is 2. The van der Waals surface area contributed by atoms with Crippen LogP contribution in [0.1, 0.15) is 25.9 Å². The van der Waals surface area contributed by atoms with Gasteiger partial charge in [0, 0.05) is 66.8 Å². The number of nitrogens with one attached hydrogen (secondary N) is 1. The van der Waals surface area contributed by atoms with Crippen LogP contribution in [-0.2, 0) is 12.8 Å². The van der Waals surface area contributed by atoms with Gasteiger partial charge in [0.2, 0.25) is 0 Å². The summed E-state index contributed by atoms with van der Waals surface area (Å²) in [6.07, 6.45) is 5.75. The van der Waals surface area contributed by atoms with Crippen molar-refractivity contribution < 1.29 is 9.53 Å². The summed E-state index contributed by atoms with van der Waals surface area (Å²) in [5.74, 6) is 0.593. The zero-order valence-corrected chi connectivity index (χ0v) is 18.0. The van der Waals surface area contributed by atoms with Crippen molar-refractivity contribution in [1.29, 1.82) is 5.41 Å². The van der Waals surface area contributed by atoms with E-state index in [2.05, 4.69) is 4.98 Å². The molecule has 0 unspecified atom stereocenters. The lowest BCUT2D eigenvalue weighted by molar-refractivity contribution is 0.0796. The van der Waals surface area contributed by atoms with Crippen LogP contribution in [0.5, 0.6) is 5.75 Å². The molecule has 7 nitrogen and oxygen atoms in total. The zero-order chi connectivity index (χ0) is 21.8. The van der Waals surface area contributed by atoms with Gasteiger partial charge in [0.15, 0.2) is 5.01 Å². The molecule has 3 N–H and O–H groups in total. The number of carbonyl (C=O) groups excluding carboxylic acids is 1. The summed E-state index contributed by atoms with van der Waals surface area (Å²) < 4.78 is 5.93. The SMILES string of the molecule is CN(CCc1ccccn1)C(=O)c1nc2c(s1)CCOc1cc(/C(C=N)=C/N)ccc1-2. The van der Waals surface area contributed by atoms with E-state index in [1.807, 2.05) is 36.4 Å². The number of amides is 1. The van der Waals surface area contributed by atoms with E-state index >= 15 is 0 Å². The van der Waals surface area contributed by atoms with E-state index in [1.165, 1.54) is 23.8 Å². The van der Waals surface area contributed by atoms with Crippen molar-refractivity contribution in [2.45, 2.75) is 12.8 Å². The van der Waals surface area contributed by atoms with Gasteiger partial charge in [-0.1, -0.05) is 12.1 Å². The normalized spacial score (nSPS) is 12.9. The molecule has 1 aromatic carbocycles. The standard InChI is InChI=1S/C23H23N5O2S/c1-28(10-7-17-4-2-3-9-26-17)23(29)22-27-21-18-6-5-15(16(13-24)14-25)12-19(18)30-11-8-20(21)31-22/h2-6,9,12-14,24H,7-8,10-11,25H2,1H3/b16-14+,24-13?. The van der Waals surface area contributed by atoms with Crippen LogP contribution in [0, 0.1) is 5.41 Å². The lowest BCUT2D eigenvalue weighted by atomic mass is 10.0. The number of carbonyl (C=O) groups is 1. The van der Waals surface area contributed by atoms with Gasteiger partial charge in [-0.05, 0) is 29.8 Å². The molecule has 1 aliphatic heterocycles. The molecule has 0 saturated carbocycles. The molecule has 3 heterocycles. The molecule has 0 bridgehead atoms. The molecule has 158 valence electrons. The molecule has 1 aliphatic rings. The predicted octanol–water partition coefficient (Wildman–Crippen LogP) is 3.40. The third kappa shape index (κ3) is 4.34. The number of rotatable bonds is 6. The largest absolute Gasteiger partial charge is 0.492 e. The van der Waals surface area contributed by atoms with E-state index in [9.17, 15) is 4.79 Å². The van der Waals surface area contributed by atoms with Gasteiger partial charge in [-0.3, -0.25) is 9.78 Å². The van der Waals surface area contributed by atoms with Crippen molar-refractivity contribution in [1.82, 2.24) is 14.9 Å². The van der Waals surface area contributed by atoms with Crippen molar-refractivity contribution >= 4 is 29.0 Å². The maximum Gasteiger partial charge on any atom is 0.282 e. The van der Waals surface area contributed by atoms with Gasteiger partial charge in [-0.25, -0.2) is 4.98 Å². The quantitative estimate of drug-likeness (QED) is 0.580. The van der Waals surface area contributed by atoms with Crippen LogP contribution in [-0.4, -0.2) is 47.2 Å². The molecule has 2 aromatic heterocycles. The first-order valence-electron chi connectivity index (χ1n) is 9.95. The number of hydrogen-bond donors (Lipinski definition) is 2. The van der Waals surface area contributed by atoms with Crippen molar-refractivity contribution in [2.75, 3.05) is 20.2 Å². The van der Waals surface area contributed by atoms with Gasteiger partial charge in [-0.2, -0.15) is 0 Å². The fourth-order valence-corrected chi connectivity index (χ4v) is 4.47. The smallest absolute Gasteiger partial charge is 0.282 e. The highest BCUT2D eigenvalue weighted by Gasteiger charge is 2.24. The number of ether oxygens (including phenoxy) is 1. The molecule has 0 aliphatic carbocycles. The summed E-state index contributed by atoms with van der Waals surface area (Å²) in [6, 6.07) is 11.5. The van der Waals surface area contributed by atoms with Crippen molar-refractivity contribution in [2.24, 2.45) is 5.73 Å². The molecule has 0 radical (unpaired) electrons. The molecular weight excluding hydrogens is 410 g/mol. The van der Waals surface area contributed by atoms with Crippen LogP contribution in [0.3, 0.4) is 0 Å². The summed E-state index contributed by atoms with van der Waals surface area (Å²) in [5, 5.41) is 7.99. The van der Waals surface area contributed by atoms with Gasteiger partial charge in [0.1, 0.15) is 5.75 Å². The fraction of sp³-hybridized carbons (Fsp3) is 0.217. The Labute approximate surface area is 184 Å². The summed E-state index contributed by atoms with van der Waals surface area (Å²) >= 11 is 1.42. The van der Waals surface area contributed by atoms with E-state index < -0.39 is 0 Å². The molecule has 0 spiro atoms. The first-order chi connectivity index (χ1) is 15.1. The van der Waals surface area contributed by atoms with E-state index in [-0.39, 0.29) is 5.91 Å². The average molecular weight is 434 g/mol. The topological polar surface area (TPSA) is 105 Å². The molecule has 31 heavy (non-hydrogen) atoms. The summed E-state index contributed by atoms with van der Waals surface area (Å²) in [4.78, 5) is 24.7. The van der Waals surface area contributed by atoms with Crippen LogP contribution >= 0.6 is 11.3 Å². The summed E-state index contributed by atoms with van der Waals surface area (Å²) in [6.45, 7) is 1.07. The number of thiazole rings is 1. The Balaban J connectivity index is 1.57. The highest BCUT2D eigenvalue weighted by atomic mass is 32.1. The maximum atomic E-state index is 13.0. The zero-order valence-electron chi connectivity index (χ0n) is 17.2. The van der Waals surface area contributed by atoms with Crippen molar-refractivity contribution in [3.63, 3.8) is 0 Å². The van der Waals surface area contributed by atoms with Gasteiger partial charge in [-0.15, -0.1) is 11.3 Å². The lowest BCUT2D eigenvalue weighted by Gasteiger charge is -2.15. The maximum absolute atomic E-state index is 13.0. The van der Waals surface area contributed by atoms with E-state index in [0.29, 0.717) is 42.3 Å². The number of allylic oxidation sites excluding steroid dienone is 1. The van der Waals surface area contributed by atoms with Crippen molar-refractivity contribution in [3.05, 3.63) is 69.9 Å². The average Bonchev–Trinajstić information content (AvgIpc) is 3.15. The van der Waals surface area contributed by atoms with Crippen molar-refractivity contribution in [3.8, 4) is 17.0 Å². The second kappa shape index (κ2) is 9.09. The highest BCUT2D eigenvalue weighted by Crippen LogP contribution is 2.39. The highest BCUT2D eigenvalue weighted by molar-refractivity contribution is 7.14. The number of hydrogen-bond acceptors (Lipinski definition) is 7. The van der Waals surface area contributed by atoms with Crippen LogP contribution in [0.25, 0.3) is 16.8 Å². The Hall–Kier alpha value is -3.52. The minimum atomic E-state index is -0.0924. The van der Waals surface area contributed by atoms with Crippen LogP contribution in [0.2, 0.25) is 0 Å². The second-order valence-electron chi connectivity index (χ2n) is 7.16. The number of likely N-dealkylation sites (N-methyl/N-ethyl adjacent to an activating group) is 1. The molecule has 3 aromatic rings. The third-order valence-electron chi connectivity index (χ3n) is 5.15. The minimum absolute atomic E-state index is 0.0924.